The number of hydrogen-bond acceptors (Lipinski definition) is 3. The smallest absolute Gasteiger partial charge is 0.157 e. The van der Waals surface area contributed by atoms with E-state index in [1.165, 1.54) is 0 Å². The molecule has 3 rings (SSSR count). The maximum absolute atomic E-state index is 9.72. The van der Waals surface area contributed by atoms with Gasteiger partial charge in [-0.05, 0) is 47.4 Å². The highest BCUT2D eigenvalue weighted by Crippen LogP contribution is 2.38. The molecule has 112 valence electrons. The fourth-order valence-electron chi connectivity index (χ4n) is 2.60. The minimum Gasteiger partial charge on any atom is -0.504 e. The maximum atomic E-state index is 9.72. The highest BCUT2D eigenvalue weighted by Gasteiger charge is 2.24. The zero-order chi connectivity index (χ0) is 14.3. The molecule has 2 aromatic rings. The van der Waals surface area contributed by atoms with Gasteiger partial charge in [-0.25, -0.2) is 0 Å². The monoisotopic (exact) mass is 345 g/mol. The summed E-state index contributed by atoms with van der Waals surface area (Å²) in [4.78, 5) is 0. The Labute approximate surface area is 138 Å². The molecule has 1 aliphatic heterocycles. The summed E-state index contributed by atoms with van der Waals surface area (Å²) in [7, 11) is 0. The minimum absolute atomic E-state index is 0. The van der Waals surface area contributed by atoms with Crippen LogP contribution in [0.5, 0.6) is 11.5 Å². The first-order valence-corrected chi connectivity index (χ1v) is 7.05. The average Bonchev–Trinajstić information content (AvgIpc) is 2.40. The van der Waals surface area contributed by atoms with Crippen LogP contribution in [0.4, 0.5) is 0 Å². The molecule has 0 fully saturated rings. The summed E-state index contributed by atoms with van der Waals surface area (Å²) in [5.74, 6) is -0.214. The molecule has 1 atom stereocenters. The number of benzene rings is 2. The quantitative estimate of drug-likeness (QED) is 0.683. The molecular weight excluding hydrogens is 333 g/mol. The molecule has 2 aromatic carbocycles. The first-order valence-electron chi connectivity index (χ1n) is 6.29. The molecule has 0 spiro atoms. The van der Waals surface area contributed by atoms with Crippen molar-refractivity contribution in [1.82, 2.24) is 5.32 Å². The van der Waals surface area contributed by atoms with E-state index < -0.39 is 0 Å². The Hall–Kier alpha value is -1.13. The molecule has 3 N–H and O–H groups in total. The number of nitrogens with one attached hydrogen (secondary N) is 1. The molecule has 21 heavy (non-hydrogen) atoms. The largest absolute Gasteiger partial charge is 0.504 e. The van der Waals surface area contributed by atoms with Crippen molar-refractivity contribution in [2.75, 3.05) is 6.54 Å². The lowest BCUT2D eigenvalue weighted by Crippen LogP contribution is -2.30. The third-order valence-electron chi connectivity index (χ3n) is 3.56. The van der Waals surface area contributed by atoms with Crippen LogP contribution in [0.2, 0.25) is 10.0 Å². The van der Waals surface area contributed by atoms with Crippen LogP contribution in [0.3, 0.4) is 0 Å². The average molecular weight is 347 g/mol. The van der Waals surface area contributed by atoms with Gasteiger partial charge in [-0.1, -0.05) is 29.3 Å². The van der Waals surface area contributed by atoms with E-state index in [0.717, 1.165) is 29.7 Å². The first-order chi connectivity index (χ1) is 9.56. The van der Waals surface area contributed by atoms with Crippen molar-refractivity contribution in [3.63, 3.8) is 0 Å². The molecule has 1 heterocycles. The summed E-state index contributed by atoms with van der Waals surface area (Å²) < 4.78 is 0. The zero-order valence-corrected chi connectivity index (χ0v) is 13.3. The number of rotatable bonds is 1. The van der Waals surface area contributed by atoms with Crippen molar-refractivity contribution in [1.29, 1.82) is 0 Å². The van der Waals surface area contributed by atoms with E-state index >= 15 is 0 Å². The van der Waals surface area contributed by atoms with E-state index in [9.17, 15) is 10.2 Å². The Morgan fingerprint density at radius 3 is 2.43 bits per heavy atom. The zero-order valence-electron chi connectivity index (χ0n) is 10.9. The summed E-state index contributed by atoms with van der Waals surface area (Å²) in [6.07, 6.45) is 0.797. The van der Waals surface area contributed by atoms with Gasteiger partial charge in [-0.3, -0.25) is 0 Å². The van der Waals surface area contributed by atoms with Crippen molar-refractivity contribution in [3.05, 3.63) is 57.1 Å². The van der Waals surface area contributed by atoms with Crippen LogP contribution < -0.4 is 5.32 Å². The van der Waals surface area contributed by atoms with E-state index in [1.807, 2.05) is 6.07 Å². The Balaban J connectivity index is 0.00000161. The van der Waals surface area contributed by atoms with Crippen molar-refractivity contribution >= 4 is 35.6 Å². The molecule has 0 bridgehead atoms. The standard InChI is InChI=1S/C15H13Cl2NO2.ClH/c16-9-1-2-10(12(17)6-9)15-11-7-14(20)13(19)5-8(11)3-4-18-15;/h1-2,5-7,15,18-20H,3-4H2;1H. The number of phenols is 2. The van der Waals surface area contributed by atoms with Gasteiger partial charge in [0.2, 0.25) is 0 Å². The van der Waals surface area contributed by atoms with Gasteiger partial charge in [0.15, 0.2) is 11.5 Å². The summed E-state index contributed by atoms with van der Waals surface area (Å²) in [6.45, 7) is 0.779. The Morgan fingerprint density at radius 2 is 1.71 bits per heavy atom. The highest BCUT2D eigenvalue weighted by atomic mass is 35.5. The van der Waals surface area contributed by atoms with Crippen LogP contribution in [0.25, 0.3) is 0 Å². The summed E-state index contributed by atoms with van der Waals surface area (Å²) >= 11 is 12.2. The lowest BCUT2D eigenvalue weighted by atomic mass is 9.89. The highest BCUT2D eigenvalue weighted by molar-refractivity contribution is 6.35. The molecule has 3 nitrogen and oxygen atoms in total. The lowest BCUT2D eigenvalue weighted by Gasteiger charge is -2.28. The normalized spacial score (nSPS) is 17.0. The van der Waals surface area contributed by atoms with Crippen molar-refractivity contribution in [3.8, 4) is 11.5 Å². The van der Waals surface area contributed by atoms with Gasteiger partial charge in [-0.2, -0.15) is 0 Å². The second kappa shape index (κ2) is 6.32. The molecule has 0 aromatic heterocycles. The summed E-state index contributed by atoms with van der Waals surface area (Å²) in [5.41, 5.74) is 2.84. The van der Waals surface area contributed by atoms with Crippen LogP contribution >= 0.6 is 35.6 Å². The maximum Gasteiger partial charge on any atom is 0.157 e. The summed E-state index contributed by atoms with van der Waals surface area (Å²) in [6, 6.07) is 8.46. The number of hydrogen-bond donors (Lipinski definition) is 3. The molecule has 6 heteroatoms. The van der Waals surface area contributed by atoms with Gasteiger partial charge in [0.05, 0.1) is 6.04 Å². The van der Waals surface area contributed by atoms with E-state index in [4.69, 9.17) is 23.2 Å². The lowest BCUT2D eigenvalue weighted by molar-refractivity contribution is 0.400. The van der Waals surface area contributed by atoms with Crippen LogP contribution in [-0.2, 0) is 6.42 Å². The van der Waals surface area contributed by atoms with Gasteiger partial charge in [0.1, 0.15) is 0 Å². The summed E-state index contributed by atoms with van der Waals surface area (Å²) in [5, 5.41) is 23.9. The van der Waals surface area contributed by atoms with Crippen LogP contribution in [0, 0.1) is 0 Å². The van der Waals surface area contributed by atoms with Gasteiger partial charge in [0.25, 0.3) is 0 Å². The molecule has 0 amide bonds. The van der Waals surface area contributed by atoms with Gasteiger partial charge in [-0.15, -0.1) is 12.4 Å². The second-order valence-electron chi connectivity index (χ2n) is 4.84. The molecule has 0 aliphatic carbocycles. The SMILES string of the molecule is Cl.Oc1cc2c(cc1O)C(c1ccc(Cl)cc1Cl)NCC2. The Kier molecular flexibility index (Phi) is 4.89. The molecule has 0 radical (unpaired) electrons. The molecule has 1 aliphatic rings. The van der Waals surface area contributed by atoms with Gasteiger partial charge < -0.3 is 15.5 Å². The third kappa shape index (κ3) is 3.06. The first kappa shape index (κ1) is 16.2. The van der Waals surface area contributed by atoms with Crippen molar-refractivity contribution in [2.45, 2.75) is 12.5 Å². The Morgan fingerprint density at radius 1 is 1.00 bits per heavy atom. The van der Waals surface area contributed by atoms with Crippen LogP contribution in [-0.4, -0.2) is 16.8 Å². The van der Waals surface area contributed by atoms with Crippen LogP contribution in [0.15, 0.2) is 30.3 Å². The molecule has 0 saturated carbocycles. The number of fused-ring (bicyclic) bond motifs is 1. The Bertz CT molecular complexity index is 676. The minimum atomic E-state index is -0.123. The molecule has 0 saturated heterocycles. The van der Waals surface area contributed by atoms with E-state index in [-0.39, 0.29) is 29.9 Å². The fraction of sp³-hybridized carbons (Fsp3) is 0.200. The molecular formula is C15H14Cl3NO2. The predicted octanol–water partition coefficient (Wildman–Crippen LogP) is 4.06. The molecule has 1 unspecified atom stereocenters. The van der Waals surface area contributed by atoms with E-state index in [1.54, 1.807) is 24.3 Å². The number of phenolic OH excluding ortho intramolecular Hbond substituents is 2. The predicted molar refractivity (Wildman–Crippen MR) is 87.0 cm³/mol. The van der Waals surface area contributed by atoms with Crippen molar-refractivity contribution in [2.24, 2.45) is 0 Å². The van der Waals surface area contributed by atoms with Gasteiger partial charge >= 0.3 is 0 Å². The second-order valence-corrected chi connectivity index (χ2v) is 5.69. The van der Waals surface area contributed by atoms with Crippen LogP contribution in [0.1, 0.15) is 22.7 Å². The topological polar surface area (TPSA) is 52.5 Å². The number of halogens is 3. The van der Waals surface area contributed by atoms with E-state index in [0.29, 0.717) is 10.0 Å². The van der Waals surface area contributed by atoms with Crippen molar-refractivity contribution < 1.29 is 10.2 Å². The fourth-order valence-corrected chi connectivity index (χ4v) is 3.11. The van der Waals surface area contributed by atoms with E-state index in [2.05, 4.69) is 5.32 Å². The van der Waals surface area contributed by atoms with Gasteiger partial charge in [0, 0.05) is 16.6 Å². The number of aromatic hydroxyl groups is 2. The third-order valence-corrected chi connectivity index (χ3v) is 4.13.